The van der Waals surface area contributed by atoms with Gasteiger partial charge < -0.3 is 19.5 Å². The Bertz CT molecular complexity index is 581. The molecule has 0 radical (unpaired) electrons. The number of carbonyl (C=O) groups excluding carboxylic acids is 1. The van der Waals surface area contributed by atoms with Gasteiger partial charge in [0.25, 0.3) is 0 Å². The Labute approximate surface area is 148 Å². The van der Waals surface area contributed by atoms with Crippen LogP contribution in [-0.4, -0.2) is 46.9 Å². The average Bonchev–Trinajstić information content (AvgIpc) is 2.75. The van der Waals surface area contributed by atoms with Crippen LogP contribution >= 0.6 is 0 Å². The number of rotatable bonds is 4. The monoisotopic (exact) mass is 349 g/mol. The number of nitrogens with zero attached hydrogens (tertiary/aromatic N) is 1. The van der Waals surface area contributed by atoms with E-state index in [0.717, 1.165) is 5.56 Å². The van der Waals surface area contributed by atoms with E-state index in [4.69, 9.17) is 9.47 Å². The van der Waals surface area contributed by atoms with Crippen molar-refractivity contribution < 1.29 is 24.2 Å². The van der Waals surface area contributed by atoms with Gasteiger partial charge in [-0.05, 0) is 39.2 Å². The lowest BCUT2D eigenvalue weighted by Gasteiger charge is -2.27. The number of aliphatic carboxylic acids is 1. The molecule has 1 aliphatic heterocycles. The van der Waals surface area contributed by atoms with Gasteiger partial charge in [-0.1, -0.05) is 30.3 Å². The number of carboxylic acid groups (broad SMARTS) is 1. The maximum Gasteiger partial charge on any atom is 0.410 e. The van der Waals surface area contributed by atoms with Crippen LogP contribution in [0.15, 0.2) is 30.3 Å². The van der Waals surface area contributed by atoms with E-state index in [9.17, 15) is 14.7 Å². The quantitative estimate of drug-likeness (QED) is 0.902. The predicted molar refractivity (Wildman–Crippen MR) is 93.2 cm³/mol. The fourth-order valence-corrected chi connectivity index (χ4v) is 2.78. The van der Waals surface area contributed by atoms with E-state index in [0.29, 0.717) is 26.0 Å². The lowest BCUT2D eigenvalue weighted by atomic mass is 10.0. The van der Waals surface area contributed by atoms with Crippen molar-refractivity contribution in [3.63, 3.8) is 0 Å². The zero-order valence-electron chi connectivity index (χ0n) is 15.1. The highest BCUT2D eigenvalue weighted by atomic mass is 16.6. The number of carboxylic acids is 1. The first-order valence-electron chi connectivity index (χ1n) is 8.61. The van der Waals surface area contributed by atoms with Crippen LogP contribution in [0.3, 0.4) is 0 Å². The summed E-state index contributed by atoms with van der Waals surface area (Å²) in [5.41, 5.74) is 0.438. The molecule has 6 nitrogen and oxygen atoms in total. The highest BCUT2D eigenvalue weighted by Crippen LogP contribution is 2.22. The highest BCUT2D eigenvalue weighted by Gasteiger charge is 2.33. The third-order valence-corrected chi connectivity index (χ3v) is 4.04. The van der Waals surface area contributed by atoms with Crippen molar-refractivity contribution in [3.05, 3.63) is 35.9 Å². The smallest absolute Gasteiger partial charge is 0.410 e. The minimum absolute atomic E-state index is 0.148. The SMILES string of the molecule is CC(C)(C)OC(=O)N1CCC(OCc2ccccc2)CC(C(=O)O)C1. The number of likely N-dealkylation sites (tertiary alicyclic amines) is 1. The molecule has 0 saturated carbocycles. The predicted octanol–water partition coefficient (Wildman–Crippen LogP) is 3.30. The molecule has 2 atom stereocenters. The summed E-state index contributed by atoms with van der Waals surface area (Å²) >= 11 is 0. The van der Waals surface area contributed by atoms with E-state index in [1.54, 1.807) is 20.8 Å². The summed E-state index contributed by atoms with van der Waals surface area (Å²) in [5, 5.41) is 9.46. The zero-order valence-corrected chi connectivity index (χ0v) is 15.1. The minimum atomic E-state index is -0.913. The number of hydrogen-bond donors (Lipinski definition) is 1. The molecule has 1 heterocycles. The van der Waals surface area contributed by atoms with E-state index in [-0.39, 0.29) is 12.6 Å². The maximum atomic E-state index is 12.3. The summed E-state index contributed by atoms with van der Waals surface area (Å²) in [4.78, 5) is 25.3. The highest BCUT2D eigenvalue weighted by molar-refractivity contribution is 5.73. The molecule has 1 aromatic rings. The molecule has 25 heavy (non-hydrogen) atoms. The molecular weight excluding hydrogens is 322 g/mol. The lowest BCUT2D eigenvalue weighted by Crippen LogP contribution is -2.40. The van der Waals surface area contributed by atoms with Crippen molar-refractivity contribution in [2.24, 2.45) is 5.92 Å². The van der Waals surface area contributed by atoms with Crippen LogP contribution in [0.5, 0.6) is 0 Å². The van der Waals surface area contributed by atoms with Crippen molar-refractivity contribution in [3.8, 4) is 0 Å². The largest absolute Gasteiger partial charge is 0.481 e. The van der Waals surface area contributed by atoms with Gasteiger partial charge in [0.1, 0.15) is 5.60 Å². The van der Waals surface area contributed by atoms with Crippen LogP contribution in [0.1, 0.15) is 39.2 Å². The van der Waals surface area contributed by atoms with Crippen molar-refractivity contribution in [1.29, 1.82) is 0 Å². The Morgan fingerprint density at radius 1 is 1.24 bits per heavy atom. The summed E-state index contributed by atoms with van der Waals surface area (Å²) in [5.74, 6) is -1.57. The van der Waals surface area contributed by atoms with Crippen LogP contribution in [0.2, 0.25) is 0 Å². The molecule has 0 spiro atoms. The number of amides is 1. The molecule has 138 valence electrons. The second-order valence-electron chi connectivity index (χ2n) is 7.40. The van der Waals surface area contributed by atoms with Crippen LogP contribution in [0, 0.1) is 5.92 Å². The summed E-state index contributed by atoms with van der Waals surface area (Å²) in [6.07, 6.45) is 0.313. The van der Waals surface area contributed by atoms with E-state index in [1.807, 2.05) is 30.3 Å². The third-order valence-electron chi connectivity index (χ3n) is 4.04. The van der Waals surface area contributed by atoms with Crippen LogP contribution < -0.4 is 0 Å². The summed E-state index contributed by atoms with van der Waals surface area (Å²) in [6.45, 7) is 6.40. The number of hydrogen-bond acceptors (Lipinski definition) is 4. The molecule has 0 bridgehead atoms. The van der Waals surface area contributed by atoms with Gasteiger partial charge in [0, 0.05) is 13.1 Å². The summed E-state index contributed by atoms with van der Waals surface area (Å²) in [6, 6.07) is 9.76. The van der Waals surface area contributed by atoms with Gasteiger partial charge in [0.05, 0.1) is 18.6 Å². The zero-order chi connectivity index (χ0) is 18.4. The van der Waals surface area contributed by atoms with Crippen LogP contribution in [0.4, 0.5) is 4.79 Å². The lowest BCUT2D eigenvalue weighted by molar-refractivity contribution is -0.143. The number of ether oxygens (including phenoxy) is 2. The first-order chi connectivity index (χ1) is 11.7. The Morgan fingerprint density at radius 2 is 1.92 bits per heavy atom. The van der Waals surface area contributed by atoms with Crippen LogP contribution in [-0.2, 0) is 20.9 Å². The number of carbonyl (C=O) groups is 2. The normalized spacial score (nSPS) is 21.5. The standard InChI is InChI=1S/C19H27NO5/c1-19(2,3)25-18(23)20-10-9-16(11-15(12-20)17(21)22)24-13-14-7-5-4-6-8-14/h4-8,15-16H,9-13H2,1-3H3,(H,21,22). The molecule has 1 amide bonds. The van der Waals surface area contributed by atoms with Gasteiger partial charge in [0.15, 0.2) is 0 Å². The molecule has 1 fully saturated rings. The van der Waals surface area contributed by atoms with Crippen molar-refractivity contribution >= 4 is 12.1 Å². The van der Waals surface area contributed by atoms with Crippen molar-refractivity contribution in [1.82, 2.24) is 4.90 Å². The van der Waals surface area contributed by atoms with E-state index in [2.05, 4.69) is 0 Å². The molecule has 1 saturated heterocycles. The van der Waals surface area contributed by atoms with Crippen molar-refractivity contribution in [2.75, 3.05) is 13.1 Å². The van der Waals surface area contributed by atoms with E-state index in [1.165, 1.54) is 4.90 Å². The van der Waals surface area contributed by atoms with Gasteiger partial charge >= 0.3 is 12.1 Å². The molecule has 6 heteroatoms. The second kappa shape index (κ2) is 8.34. The minimum Gasteiger partial charge on any atom is -0.481 e. The first-order valence-corrected chi connectivity index (χ1v) is 8.61. The summed E-state index contributed by atoms with van der Waals surface area (Å²) in [7, 11) is 0. The van der Waals surface area contributed by atoms with E-state index < -0.39 is 23.6 Å². The third kappa shape index (κ3) is 6.38. The van der Waals surface area contributed by atoms with Gasteiger partial charge in [0.2, 0.25) is 0 Å². The Hall–Kier alpha value is -2.08. The summed E-state index contributed by atoms with van der Waals surface area (Å²) < 4.78 is 11.3. The van der Waals surface area contributed by atoms with Gasteiger partial charge in [-0.15, -0.1) is 0 Å². The molecule has 0 aromatic heterocycles. The molecule has 1 aliphatic rings. The Kier molecular flexibility index (Phi) is 6.42. The molecule has 0 aliphatic carbocycles. The fourth-order valence-electron chi connectivity index (χ4n) is 2.78. The molecule has 2 unspecified atom stereocenters. The van der Waals surface area contributed by atoms with Gasteiger partial charge in [-0.2, -0.15) is 0 Å². The molecular formula is C19H27NO5. The molecule has 2 rings (SSSR count). The van der Waals surface area contributed by atoms with Gasteiger partial charge in [-0.25, -0.2) is 4.79 Å². The Balaban J connectivity index is 1.98. The average molecular weight is 349 g/mol. The van der Waals surface area contributed by atoms with Crippen molar-refractivity contribution in [2.45, 2.75) is 51.9 Å². The Morgan fingerprint density at radius 3 is 2.52 bits per heavy atom. The fraction of sp³-hybridized carbons (Fsp3) is 0.579. The van der Waals surface area contributed by atoms with Crippen LogP contribution in [0.25, 0.3) is 0 Å². The molecule has 1 aromatic carbocycles. The second-order valence-corrected chi connectivity index (χ2v) is 7.40. The number of benzene rings is 1. The topological polar surface area (TPSA) is 76.1 Å². The van der Waals surface area contributed by atoms with E-state index >= 15 is 0 Å². The molecule has 1 N–H and O–H groups in total. The van der Waals surface area contributed by atoms with Gasteiger partial charge in [-0.3, -0.25) is 4.79 Å². The maximum absolute atomic E-state index is 12.3. The first kappa shape index (κ1) is 19.2.